The van der Waals surface area contributed by atoms with Crippen LogP contribution in [0.1, 0.15) is 38.2 Å². The molecule has 1 aromatic heterocycles. The molecule has 23 heavy (non-hydrogen) atoms. The minimum absolute atomic E-state index is 0.0298. The highest BCUT2D eigenvalue weighted by Gasteiger charge is 2.20. The summed E-state index contributed by atoms with van der Waals surface area (Å²) in [4.78, 5) is 11.9. The van der Waals surface area contributed by atoms with E-state index in [0.717, 1.165) is 0 Å². The molecule has 7 nitrogen and oxygen atoms in total. The lowest BCUT2D eigenvalue weighted by molar-refractivity contribution is 0.0520. The topological polar surface area (TPSA) is 86.3 Å². The van der Waals surface area contributed by atoms with Gasteiger partial charge in [-0.15, -0.1) is 5.10 Å². The highest BCUT2D eigenvalue weighted by Crippen LogP contribution is 2.33. The van der Waals surface area contributed by atoms with Crippen molar-refractivity contribution in [2.75, 3.05) is 13.2 Å². The number of aromatic nitrogens is 3. The van der Waals surface area contributed by atoms with Gasteiger partial charge >= 0.3 is 5.97 Å². The number of nitrogens with zero attached hydrogens (tertiary/aromatic N) is 2. The number of benzene rings is 1. The average Bonchev–Trinajstić information content (AvgIpc) is 2.98. The van der Waals surface area contributed by atoms with E-state index in [9.17, 15) is 4.79 Å². The molecule has 0 aliphatic rings. The van der Waals surface area contributed by atoms with Gasteiger partial charge in [0.25, 0.3) is 0 Å². The number of rotatable bonds is 7. The van der Waals surface area contributed by atoms with Crippen LogP contribution in [0.3, 0.4) is 0 Å². The second-order valence-electron chi connectivity index (χ2n) is 5.00. The summed E-state index contributed by atoms with van der Waals surface area (Å²) in [5, 5.41) is 10.4. The van der Waals surface area contributed by atoms with Crippen molar-refractivity contribution >= 4 is 5.97 Å². The third kappa shape index (κ3) is 4.00. The van der Waals surface area contributed by atoms with Gasteiger partial charge in [0.05, 0.1) is 19.3 Å². The maximum atomic E-state index is 11.9. The Labute approximate surface area is 134 Å². The lowest BCUT2D eigenvalue weighted by Gasteiger charge is -2.15. The van der Waals surface area contributed by atoms with Crippen LogP contribution in [0.4, 0.5) is 0 Å². The molecule has 0 unspecified atom stereocenters. The van der Waals surface area contributed by atoms with Crippen LogP contribution in [0.2, 0.25) is 0 Å². The fourth-order valence-corrected chi connectivity index (χ4v) is 2.05. The number of H-pyrrole nitrogens is 1. The van der Waals surface area contributed by atoms with E-state index in [2.05, 4.69) is 15.4 Å². The number of carbonyl (C=O) groups is 1. The number of hydrogen-bond acceptors (Lipinski definition) is 6. The first-order valence-electron chi connectivity index (χ1n) is 7.58. The van der Waals surface area contributed by atoms with Gasteiger partial charge in [-0.05, 0) is 45.9 Å². The smallest absolute Gasteiger partial charge is 0.361 e. The van der Waals surface area contributed by atoms with Crippen LogP contribution in [0.25, 0.3) is 11.3 Å². The highest BCUT2D eigenvalue weighted by atomic mass is 16.5. The molecule has 0 aliphatic heterocycles. The van der Waals surface area contributed by atoms with E-state index >= 15 is 0 Å². The van der Waals surface area contributed by atoms with Crippen LogP contribution >= 0.6 is 0 Å². The van der Waals surface area contributed by atoms with E-state index in [-0.39, 0.29) is 18.4 Å². The van der Waals surface area contributed by atoms with Gasteiger partial charge in [0.2, 0.25) is 0 Å². The highest BCUT2D eigenvalue weighted by molar-refractivity contribution is 5.94. The fourth-order valence-electron chi connectivity index (χ4n) is 2.05. The van der Waals surface area contributed by atoms with Crippen molar-refractivity contribution < 1.29 is 19.0 Å². The molecule has 0 fully saturated rings. The summed E-state index contributed by atoms with van der Waals surface area (Å²) >= 11 is 0. The molecule has 0 bridgehead atoms. The third-order valence-corrected chi connectivity index (χ3v) is 2.90. The van der Waals surface area contributed by atoms with Crippen molar-refractivity contribution in [2.45, 2.75) is 33.8 Å². The Kier molecular flexibility index (Phi) is 5.56. The van der Waals surface area contributed by atoms with Crippen molar-refractivity contribution in [3.8, 4) is 22.8 Å². The molecule has 0 aliphatic carbocycles. The molecule has 0 amide bonds. The van der Waals surface area contributed by atoms with Gasteiger partial charge in [-0.3, -0.25) is 0 Å². The van der Waals surface area contributed by atoms with Crippen LogP contribution in [-0.2, 0) is 4.74 Å². The molecule has 0 atom stereocenters. The van der Waals surface area contributed by atoms with Crippen LogP contribution in [-0.4, -0.2) is 40.7 Å². The van der Waals surface area contributed by atoms with Gasteiger partial charge in [0.15, 0.2) is 17.2 Å². The Balaban J connectivity index is 2.39. The number of aromatic amines is 1. The molecule has 2 aromatic rings. The molecule has 0 saturated heterocycles. The molecule has 1 N–H and O–H groups in total. The van der Waals surface area contributed by atoms with Crippen LogP contribution < -0.4 is 9.47 Å². The van der Waals surface area contributed by atoms with Crippen LogP contribution in [0.15, 0.2) is 18.2 Å². The van der Waals surface area contributed by atoms with Crippen molar-refractivity contribution in [1.29, 1.82) is 0 Å². The molecular formula is C16H21N3O4. The molecule has 0 spiro atoms. The molecule has 0 radical (unpaired) electrons. The van der Waals surface area contributed by atoms with Gasteiger partial charge in [-0.2, -0.15) is 10.3 Å². The van der Waals surface area contributed by atoms with E-state index in [1.807, 2.05) is 20.8 Å². The number of ether oxygens (including phenoxy) is 3. The average molecular weight is 319 g/mol. The largest absolute Gasteiger partial charge is 0.490 e. The quantitative estimate of drug-likeness (QED) is 0.790. The summed E-state index contributed by atoms with van der Waals surface area (Å²) in [6.07, 6.45) is 0.0298. The number of esters is 1. The van der Waals surface area contributed by atoms with Crippen LogP contribution in [0, 0.1) is 0 Å². The molecule has 2 rings (SSSR count). The number of carbonyl (C=O) groups excluding carboxylic acids is 1. The number of hydrogen-bond donors (Lipinski definition) is 1. The van der Waals surface area contributed by atoms with E-state index < -0.39 is 5.97 Å². The first-order chi connectivity index (χ1) is 11.1. The predicted octanol–water partition coefficient (Wildman–Crippen LogP) is 2.83. The first kappa shape index (κ1) is 16.8. The summed E-state index contributed by atoms with van der Waals surface area (Å²) in [5.41, 5.74) is 1.26. The predicted molar refractivity (Wildman–Crippen MR) is 84.7 cm³/mol. The summed E-state index contributed by atoms with van der Waals surface area (Å²) in [6, 6.07) is 5.38. The normalized spacial score (nSPS) is 10.7. The van der Waals surface area contributed by atoms with Crippen LogP contribution in [0.5, 0.6) is 11.5 Å². The summed E-state index contributed by atoms with van der Waals surface area (Å²) in [7, 11) is 0. The van der Waals surface area contributed by atoms with E-state index in [1.54, 1.807) is 25.1 Å². The van der Waals surface area contributed by atoms with Crippen molar-refractivity contribution in [1.82, 2.24) is 15.4 Å². The second-order valence-corrected chi connectivity index (χ2v) is 5.00. The third-order valence-electron chi connectivity index (χ3n) is 2.90. The SMILES string of the molecule is CCOC(=O)c1n[nH]nc1-c1ccc(OC(C)C)c(OCC)c1. The summed E-state index contributed by atoms with van der Waals surface area (Å²) < 4.78 is 16.3. The Bertz CT molecular complexity index is 667. The Morgan fingerprint density at radius 2 is 1.96 bits per heavy atom. The molecule has 124 valence electrons. The monoisotopic (exact) mass is 319 g/mol. The summed E-state index contributed by atoms with van der Waals surface area (Å²) in [6.45, 7) is 8.30. The zero-order chi connectivity index (χ0) is 16.8. The summed E-state index contributed by atoms with van der Waals surface area (Å²) in [5.74, 6) is 0.722. The van der Waals surface area contributed by atoms with Gasteiger partial charge in [0.1, 0.15) is 5.69 Å². The lowest BCUT2D eigenvalue weighted by Crippen LogP contribution is -2.08. The van der Waals surface area contributed by atoms with Crippen molar-refractivity contribution in [3.63, 3.8) is 0 Å². The van der Waals surface area contributed by atoms with Gasteiger partial charge in [-0.1, -0.05) is 0 Å². The molecule has 7 heteroatoms. The van der Waals surface area contributed by atoms with Crippen molar-refractivity contribution in [2.24, 2.45) is 0 Å². The van der Waals surface area contributed by atoms with E-state index in [0.29, 0.717) is 29.4 Å². The van der Waals surface area contributed by atoms with E-state index in [1.165, 1.54) is 0 Å². The van der Waals surface area contributed by atoms with Gasteiger partial charge in [-0.25, -0.2) is 4.79 Å². The second kappa shape index (κ2) is 7.62. The molecular weight excluding hydrogens is 298 g/mol. The molecule has 0 saturated carbocycles. The number of nitrogens with one attached hydrogen (secondary N) is 1. The molecule has 1 aromatic carbocycles. The lowest BCUT2D eigenvalue weighted by atomic mass is 10.1. The first-order valence-corrected chi connectivity index (χ1v) is 7.58. The Morgan fingerprint density at radius 3 is 2.61 bits per heavy atom. The maximum Gasteiger partial charge on any atom is 0.361 e. The van der Waals surface area contributed by atoms with E-state index in [4.69, 9.17) is 14.2 Å². The zero-order valence-electron chi connectivity index (χ0n) is 13.8. The van der Waals surface area contributed by atoms with Gasteiger partial charge < -0.3 is 14.2 Å². The maximum absolute atomic E-state index is 11.9. The standard InChI is InChI=1S/C16H21N3O4/c1-5-21-13-9-11(7-8-12(13)23-10(3)4)14-15(18-19-17-14)16(20)22-6-2/h7-10H,5-6H2,1-4H3,(H,17,18,19). The Hall–Kier alpha value is -2.57. The minimum atomic E-state index is -0.517. The Morgan fingerprint density at radius 1 is 1.17 bits per heavy atom. The zero-order valence-corrected chi connectivity index (χ0v) is 13.8. The van der Waals surface area contributed by atoms with Gasteiger partial charge in [0, 0.05) is 5.56 Å². The van der Waals surface area contributed by atoms with Crippen molar-refractivity contribution in [3.05, 3.63) is 23.9 Å². The molecule has 1 heterocycles. The minimum Gasteiger partial charge on any atom is -0.490 e. The fraction of sp³-hybridized carbons (Fsp3) is 0.438.